The van der Waals surface area contributed by atoms with Crippen molar-refractivity contribution in [3.63, 3.8) is 0 Å². The average Bonchev–Trinajstić information content (AvgIpc) is 2.68. The molecular formula is C19H19N3O4S2. The summed E-state index contributed by atoms with van der Waals surface area (Å²) in [6.07, 6.45) is 1.66. The topological polar surface area (TPSA) is 104 Å². The van der Waals surface area contributed by atoms with Gasteiger partial charge in [-0.2, -0.15) is 0 Å². The van der Waals surface area contributed by atoms with Crippen LogP contribution in [0.3, 0.4) is 0 Å². The van der Waals surface area contributed by atoms with Crippen molar-refractivity contribution < 1.29 is 13.2 Å². The number of para-hydroxylation sites is 1. The van der Waals surface area contributed by atoms with Gasteiger partial charge in [-0.1, -0.05) is 30.0 Å². The minimum atomic E-state index is -3.72. The molecule has 0 aliphatic carbocycles. The number of rotatable bonds is 8. The Balaban J connectivity index is 1.69. The predicted octanol–water partition coefficient (Wildman–Crippen LogP) is 2.40. The van der Waals surface area contributed by atoms with Crippen molar-refractivity contribution in [3.05, 3.63) is 71.5 Å². The first-order chi connectivity index (χ1) is 13.4. The highest BCUT2D eigenvalue weighted by molar-refractivity contribution is 7.99. The number of ether oxygens (including phenoxy) is 1. The van der Waals surface area contributed by atoms with Gasteiger partial charge in [0.05, 0.1) is 22.4 Å². The summed E-state index contributed by atoms with van der Waals surface area (Å²) in [5, 5.41) is 6.23. The number of fused-ring (bicyclic) bond motifs is 1. The van der Waals surface area contributed by atoms with E-state index in [1.165, 1.54) is 23.9 Å². The molecule has 0 amide bonds. The Bertz CT molecular complexity index is 1160. The van der Waals surface area contributed by atoms with Gasteiger partial charge in [0, 0.05) is 12.3 Å². The average molecular weight is 418 g/mol. The van der Waals surface area contributed by atoms with Crippen molar-refractivity contribution in [2.45, 2.75) is 16.6 Å². The highest BCUT2D eigenvalue weighted by Crippen LogP contribution is 2.19. The molecule has 0 spiro atoms. The minimum Gasteiger partial charge on any atom is -0.493 e. The van der Waals surface area contributed by atoms with Gasteiger partial charge >= 0.3 is 0 Å². The van der Waals surface area contributed by atoms with Gasteiger partial charge < -0.3 is 4.74 Å². The summed E-state index contributed by atoms with van der Waals surface area (Å²) >= 11 is 1.41. The molecule has 0 aliphatic rings. The Kier molecular flexibility index (Phi) is 6.18. The molecule has 3 rings (SSSR count). The van der Waals surface area contributed by atoms with E-state index in [-0.39, 0.29) is 10.5 Å². The Morgan fingerprint density at radius 2 is 1.89 bits per heavy atom. The van der Waals surface area contributed by atoms with E-state index < -0.39 is 10.0 Å². The maximum atomic E-state index is 12.7. The maximum Gasteiger partial charge on any atom is 0.262 e. The van der Waals surface area contributed by atoms with E-state index in [1.807, 2.05) is 18.2 Å². The largest absolute Gasteiger partial charge is 0.493 e. The molecular weight excluding hydrogens is 398 g/mol. The van der Waals surface area contributed by atoms with Gasteiger partial charge in [0.1, 0.15) is 5.75 Å². The highest BCUT2D eigenvalue weighted by Gasteiger charge is 2.11. The first-order valence-electron chi connectivity index (χ1n) is 8.39. The molecule has 0 atom stereocenters. The third-order valence-corrected chi connectivity index (χ3v) is 5.74. The molecule has 0 bridgehead atoms. The summed E-state index contributed by atoms with van der Waals surface area (Å²) < 4.78 is 29.7. The molecule has 0 fully saturated rings. The Morgan fingerprint density at radius 3 is 2.57 bits per heavy atom. The fourth-order valence-corrected chi connectivity index (χ4v) is 3.91. The van der Waals surface area contributed by atoms with E-state index in [9.17, 15) is 13.2 Å². The lowest BCUT2D eigenvalue weighted by atomic mass is 10.2. The van der Waals surface area contributed by atoms with Gasteiger partial charge in [0.2, 0.25) is 10.0 Å². The monoisotopic (exact) mass is 417 g/mol. The van der Waals surface area contributed by atoms with Crippen LogP contribution in [-0.2, 0) is 16.6 Å². The van der Waals surface area contributed by atoms with Crippen LogP contribution in [0.1, 0.15) is 0 Å². The zero-order chi connectivity index (χ0) is 20.1. The number of hydrogen-bond donors (Lipinski definition) is 1. The normalized spacial score (nSPS) is 11.5. The van der Waals surface area contributed by atoms with Crippen LogP contribution >= 0.6 is 11.8 Å². The number of nitrogens with two attached hydrogens (primary N) is 1. The Morgan fingerprint density at radius 1 is 1.18 bits per heavy atom. The van der Waals surface area contributed by atoms with Crippen LogP contribution < -0.4 is 15.4 Å². The van der Waals surface area contributed by atoms with Crippen molar-refractivity contribution in [3.8, 4) is 5.75 Å². The molecule has 1 aromatic heterocycles. The number of thioether (sulfide) groups is 1. The van der Waals surface area contributed by atoms with Crippen LogP contribution in [0.15, 0.2) is 76.0 Å². The molecule has 3 aromatic rings. The summed E-state index contributed by atoms with van der Waals surface area (Å²) in [7, 11) is -3.72. The van der Waals surface area contributed by atoms with E-state index in [0.717, 1.165) is 0 Å². The molecule has 1 heterocycles. The highest BCUT2D eigenvalue weighted by atomic mass is 32.2. The molecule has 146 valence electrons. The zero-order valence-corrected chi connectivity index (χ0v) is 16.6. The lowest BCUT2D eigenvalue weighted by Gasteiger charge is -2.12. The SMILES string of the molecule is C=CCn1c(SCCOc2ccc(S(N)(=O)=O)cc2)nc2ccccc2c1=O. The first kappa shape index (κ1) is 20.1. The van der Waals surface area contributed by atoms with Crippen LogP contribution in [0.2, 0.25) is 0 Å². The van der Waals surface area contributed by atoms with Crippen LogP contribution in [-0.4, -0.2) is 30.3 Å². The molecule has 2 aromatic carbocycles. The Labute approximate surface area is 166 Å². The third kappa shape index (κ3) is 4.61. The molecule has 0 saturated heterocycles. The number of allylic oxidation sites excluding steroid dienone is 1. The van der Waals surface area contributed by atoms with Crippen LogP contribution in [0.25, 0.3) is 10.9 Å². The standard InChI is InChI=1S/C19H19N3O4S2/c1-2-11-22-18(23)16-5-3-4-6-17(16)21-19(22)27-13-12-26-14-7-9-15(10-8-14)28(20,24)25/h2-10H,1,11-13H2,(H2,20,24,25). The number of hydrogen-bond acceptors (Lipinski definition) is 6. The number of benzene rings is 2. The van der Waals surface area contributed by atoms with Crippen molar-refractivity contribution in [1.82, 2.24) is 9.55 Å². The van der Waals surface area contributed by atoms with Gasteiger partial charge in [0.15, 0.2) is 5.16 Å². The van der Waals surface area contributed by atoms with Crippen molar-refractivity contribution in [1.29, 1.82) is 0 Å². The molecule has 0 saturated carbocycles. The maximum absolute atomic E-state index is 12.7. The zero-order valence-electron chi connectivity index (χ0n) is 14.9. The van der Waals surface area contributed by atoms with E-state index >= 15 is 0 Å². The molecule has 0 unspecified atom stereocenters. The van der Waals surface area contributed by atoms with Crippen LogP contribution in [0, 0.1) is 0 Å². The molecule has 7 nitrogen and oxygen atoms in total. The third-order valence-electron chi connectivity index (χ3n) is 3.87. The van der Waals surface area contributed by atoms with Gasteiger partial charge in [-0.05, 0) is 36.4 Å². The van der Waals surface area contributed by atoms with Gasteiger partial charge in [-0.15, -0.1) is 6.58 Å². The first-order valence-corrected chi connectivity index (χ1v) is 10.9. The van der Waals surface area contributed by atoms with E-state index in [1.54, 1.807) is 28.8 Å². The quantitative estimate of drug-likeness (QED) is 0.261. The second-order valence-corrected chi connectivity index (χ2v) is 8.45. The predicted molar refractivity (Wildman–Crippen MR) is 110 cm³/mol. The van der Waals surface area contributed by atoms with Crippen molar-refractivity contribution >= 4 is 32.7 Å². The summed E-state index contributed by atoms with van der Waals surface area (Å²) in [5.74, 6) is 1.08. The number of aromatic nitrogens is 2. The molecule has 2 N–H and O–H groups in total. The molecule has 9 heteroatoms. The number of nitrogens with zero attached hydrogens (tertiary/aromatic N) is 2. The smallest absolute Gasteiger partial charge is 0.262 e. The van der Waals surface area contributed by atoms with Crippen molar-refractivity contribution in [2.75, 3.05) is 12.4 Å². The summed E-state index contributed by atoms with van der Waals surface area (Å²) in [6, 6.07) is 13.1. The summed E-state index contributed by atoms with van der Waals surface area (Å²) in [4.78, 5) is 17.3. The minimum absolute atomic E-state index is 0.0306. The molecule has 0 radical (unpaired) electrons. The number of sulfonamides is 1. The second-order valence-electron chi connectivity index (χ2n) is 5.83. The Hall–Kier alpha value is -2.62. The summed E-state index contributed by atoms with van der Waals surface area (Å²) in [5.41, 5.74) is 0.544. The van der Waals surface area contributed by atoms with E-state index in [2.05, 4.69) is 11.6 Å². The fraction of sp³-hybridized carbons (Fsp3) is 0.158. The van der Waals surface area contributed by atoms with E-state index in [0.29, 0.717) is 40.7 Å². The number of primary sulfonamides is 1. The summed E-state index contributed by atoms with van der Waals surface area (Å²) in [6.45, 7) is 4.43. The molecule has 28 heavy (non-hydrogen) atoms. The fourth-order valence-electron chi connectivity index (χ4n) is 2.57. The second kappa shape index (κ2) is 8.59. The lowest BCUT2D eigenvalue weighted by molar-refractivity contribution is 0.343. The van der Waals surface area contributed by atoms with Gasteiger partial charge in [-0.3, -0.25) is 9.36 Å². The van der Waals surface area contributed by atoms with Crippen LogP contribution in [0.5, 0.6) is 5.75 Å². The van der Waals surface area contributed by atoms with E-state index in [4.69, 9.17) is 9.88 Å². The van der Waals surface area contributed by atoms with Crippen molar-refractivity contribution in [2.24, 2.45) is 5.14 Å². The van der Waals surface area contributed by atoms with Gasteiger partial charge in [0.25, 0.3) is 5.56 Å². The molecule has 0 aliphatic heterocycles. The van der Waals surface area contributed by atoms with Gasteiger partial charge in [-0.25, -0.2) is 18.5 Å². The van der Waals surface area contributed by atoms with Crippen LogP contribution in [0.4, 0.5) is 0 Å². The lowest BCUT2D eigenvalue weighted by Crippen LogP contribution is -2.23.